The molecule has 0 radical (unpaired) electrons. The highest BCUT2D eigenvalue weighted by atomic mass is 16.6. The zero-order valence-electron chi connectivity index (χ0n) is 14.7. The van der Waals surface area contributed by atoms with Crippen molar-refractivity contribution >= 4 is 0 Å². The van der Waals surface area contributed by atoms with Crippen molar-refractivity contribution in [2.75, 3.05) is 6.61 Å². The van der Waals surface area contributed by atoms with E-state index in [2.05, 4.69) is 54.7 Å². The van der Waals surface area contributed by atoms with Crippen LogP contribution >= 0.6 is 0 Å². The van der Waals surface area contributed by atoms with Gasteiger partial charge in [-0.3, -0.25) is 0 Å². The van der Waals surface area contributed by atoms with Crippen LogP contribution in [0.3, 0.4) is 0 Å². The van der Waals surface area contributed by atoms with Gasteiger partial charge >= 0.3 is 5.82 Å². The lowest BCUT2D eigenvalue weighted by Gasteiger charge is -2.05. The van der Waals surface area contributed by atoms with Crippen molar-refractivity contribution in [1.29, 1.82) is 0 Å². The normalized spacial score (nSPS) is 10.2. The molecule has 2 aromatic carbocycles. The molecule has 1 heterocycles. The molecule has 0 aliphatic carbocycles. The Kier molecular flexibility index (Phi) is 7.73. The molecule has 0 fully saturated rings. The van der Waals surface area contributed by atoms with Gasteiger partial charge in [0.05, 0.1) is 13.2 Å². The van der Waals surface area contributed by atoms with Gasteiger partial charge < -0.3 is 13.6 Å². The Hall–Kier alpha value is -2.59. The topological polar surface area (TPSA) is 52.6 Å². The smallest absolute Gasteiger partial charge is 0.399 e. The second-order valence-corrected chi connectivity index (χ2v) is 5.63. The van der Waals surface area contributed by atoms with Gasteiger partial charge in [-0.2, -0.15) is 0 Å². The zero-order chi connectivity index (χ0) is 17.9. The minimum atomic E-state index is -0.675. The van der Waals surface area contributed by atoms with Crippen molar-refractivity contribution in [2.45, 2.75) is 33.3 Å². The van der Waals surface area contributed by atoms with Crippen molar-refractivity contribution in [1.82, 2.24) is 0 Å². The second-order valence-electron chi connectivity index (χ2n) is 5.63. The van der Waals surface area contributed by atoms with Crippen LogP contribution in [0.15, 0.2) is 74.5 Å². The summed E-state index contributed by atoms with van der Waals surface area (Å²) in [6.07, 6.45) is 3.09. The van der Waals surface area contributed by atoms with Gasteiger partial charge in [0.1, 0.15) is 12.0 Å². The Morgan fingerprint density at radius 3 is 2.16 bits per heavy atom. The molecule has 0 unspecified atom stereocenters. The molecule has 0 aliphatic rings. The molecule has 0 saturated heterocycles. The van der Waals surface area contributed by atoms with Crippen molar-refractivity contribution in [2.24, 2.45) is 0 Å². The van der Waals surface area contributed by atoms with Crippen LogP contribution in [0.2, 0.25) is 0 Å². The first-order valence-electron chi connectivity index (χ1n) is 8.52. The Labute approximate surface area is 148 Å². The molecular weight excluding hydrogens is 316 g/mol. The SMILES string of the molecule is CCC.O=c1occ(CCOCc2ccc(-c3ccccc3)cc2)o1. The van der Waals surface area contributed by atoms with Gasteiger partial charge in [-0.1, -0.05) is 74.9 Å². The highest BCUT2D eigenvalue weighted by Crippen LogP contribution is 2.19. The molecule has 0 aliphatic heterocycles. The van der Waals surface area contributed by atoms with Gasteiger partial charge in [-0.25, -0.2) is 4.79 Å². The monoisotopic (exact) mass is 340 g/mol. The van der Waals surface area contributed by atoms with E-state index in [1.165, 1.54) is 23.8 Å². The summed E-state index contributed by atoms with van der Waals surface area (Å²) in [4.78, 5) is 10.7. The van der Waals surface area contributed by atoms with E-state index in [0.717, 1.165) is 5.56 Å². The third-order valence-corrected chi connectivity index (χ3v) is 3.32. The van der Waals surface area contributed by atoms with E-state index in [4.69, 9.17) is 9.15 Å². The average molecular weight is 340 g/mol. The van der Waals surface area contributed by atoms with Crippen molar-refractivity contribution in [3.8, 4) is 11.1 Å². The Morgan fingerprint density at radius 1 is 0.920 bits per heavy atom. The first kappa shape index (κ1) is 18.7. The Bertz CT molecular complexity index is 769. The van der Waals surface area contributed by atoms with Gasteiger partial charge in [-0.15, -0.1) is 0 Å². The van der Waals surface area contributed by atoms with Gasteiger partial charge in [0.15, 0.2) is 0 Å². The van der Waals surface area contributed by atoms with E-state index in [1.807, 2.05) is 18.2 Å². The molecule has 0 bridgehead atoms. The third-order valence-electron chi connectivity index (χ3n) is 3.32. The van der Waals surface area contributed by atoms with Crippen molar-refractivity contribution in [3.05, 3.63) is 82.8 Å². The predicted octanol–water partition coefficient (Wildman–Crippen LogP) is 5.08. The quantitative estimate of drug-likeness (QED) is 0.588. The van der Waals surface area contributed by atoms with Gasteiger partial charge in [0.25, 0.3) is 0 Å². The van der Waals surface area contributed by atoms with Gasteiger partial charge in [0, 0.05) is 6.42 Å². The molecule has 25 heavy (non-hydrogen) atoms. The van der Waals surface area contributed by atoms with E-state index in [-0.39, 0.29) is 0 Å². The summed E-state index contributed by atoms with van der Waals surface area (Å²) < 4.78 is 14.9. The third kappa shape index (κ3) is 6.43. The molecule has 3 rings (SSSR count). The molecule has 1 aromatic heterocycles. The van der Waals surface area contributed by atoms with E-state index >= 15 is 0 Å². The van der Waals surface area contributed by atoms with Crippen LogP contribution in [0.25, 0.3) is 11.1 Å². The largest absolute Gasteiger partial charge is 0.518 e. The standard InChI is InChI=1S/C18H16O4.C3H8/c19-18-21-13-17(22-18)10-11-20-12-14-6-8-16(9-7-14)15-4-2-1-3-5-15;1-3-2/h1-9,13H,10-12H2;3H2,1-2H3. The van der Waals surface area contributed by atoms with Crippen molar-refractivity contribution < 1.29 is 13.6 Å². The van der Waals surface area contributed by atoms with Crippen LogP contribution in [-0.2, 0) is 17.8 Å². The van der Waals surface area contributed by atoms with Crippen LogP contribution in [0.4, 0.5) is 0 Å². The van der Waals surface area contributed by atoms with Gasteiger partial charge in [-0.05, 0) is 16.7 Å². The molecule has 0 amide bonds. The van der Waals surface area contributed by atoms with Crippen LogP contribution < -0.4 is 5.82 Å². The molecule has 4 heteroatoms. The summed E-state index contributed by atoms with van der Waals surface area (Å²) in [6.45, 7) is 5.25. The van der Waals surface area contributed by atoms with Crippen LogP contribution in [0.1, 0.15) is 31.6 Å². The van der Waals surface area contributed by atoms with Crippen LogP contribution in [0, 0.1) is 0 Å². The molecule has 0 spiro atoms. The fraction of sp³-hybridized carbons (Fsp3) is 0.286. The Balaban J connectivity index is 0.000000701. The fourth-order valence-corrected chi connectivity index (χ4v) is 2.17. The Morgan fingerprint density at radius 2 is 1.56 bits per heavy atom. The summed E-state index contributed by atoms with van der Waals surface area (Å²) >= 11 is 0. The van der Waals surface area contributed by atoms with E-state index in [1.54, 1.807) is 0 Å². The van der Waals surface area contributed by atoms with Gasteiger partial charge in [0.2, 0.25) is 0 Å². The molecule has 0 saturated carbocycles. The second kappa shape index (κ2) is 10.3. The van der Waals surface area contributed by atoms with E-state index in [0.29, 0.717) is 25.4 Å². The molecule has 4 nitrogen and oxygen atoms in total. The van der Waals surface area contributed by atoms with Crippen molar-refractivity contribution in [3.63, 3.8) is 0 Å². The summed E-state index contributed by atoms with van der Waals surface area (Å²) in [6, 6.07) is 18.5. The minimum absolute atomic E-state index is 0.475. The summed E-state index contributed by atoms with van der Waals surface area (Å²) in [5.74, 6) is -0.170. The minimum Gasteiger partial charge on any atom is -0.399 e. The lowest BCUT2D eigenvalue weighted by molar-refractivity contribution is 0.120. The maximum atomic E-state index is 10.7. The summed E-state index contributed by atoms with van der Waals surface area (Å²) in [5, 5.41) is 0. The number of hydrogen-bond donors (Lipinski definition) is 0. The summed E-state index contributed by atoms with van der Waals surface area (Å²) in [7, 11) is 0. The number of benzene rings is 2. The average Bonchev–Trinajstić information content (AvgIpc) is 3.06. The maximum absolute atomic E-state index is 10.7. The first-order valence-corrected chi connectivity index (χ1v) is 8.52. The first-order chi connectivity index (χ1) is 12.2. The number of rotatable bonds is 6. The highest BCUT2D eigenvalue weighted by Gasteiger charge is 2.02. The lowest BCUT2D eigenvalue weighted by Crippen LogP contribution is -1.99. The number of hydrogen-bond acceptors (Lipinski definition) is 4. The van der Waals surface area contributed by atoms with E-state index in [9.17, 15) is 4.79 Å². The molecule has 0 atom stereocenters. The molecule has 0 N–H and O–H groups in total. The lowest BCUT2D eigenvalue weighted by atomic mass is 10.0. The summed E-state index contributed by atoms with van der Waals surface area (Å²) in [5.41, 5.74) is 3.49. The maximum Gasteiger partial charge on any atom is 0.518 e. The zero-order valence-corrected chi connectivity index (χ0v) is 14.7. The van der Waals surface area contributed by atoms with Crippen LogP contribution in [0.5, 0.6) is 0 Å². The predicted molar refractivity (Wildman–Crippen MR) is 98.4 cm³/mol. The number of ether oxygens (including phenoxy) is 1. The molecule has 132 valence electrons. The van der Waals surface area contributed by atoms with E-state index < -0.39 is 5.82 Å². The highest BCUT2D eigenvalue weighted by molar-refractivity contribution is 5.63. The van der Waals surface area contributed by atoms with Crippen LogP contribution in [-0.4, -0.2) is 6.61 Å². The fourth-order valence-electron chi connectivity index (χ4n) is 2.17. The molecule has 3 aromatic rings. The molecular formula is C21H24O4.